The van der Waals surface area contributed by atoms with Crippen molar-refractivity contribution in [3.8, 4) is 0 Å². The van der Waals surface area contributed by atoms with Crippen molar-refractivity contribution in [2.45, 2.75) is 51.1 Å². The normalized spacial score (nSPS) is 26.6. The zero-order chi connectivity index (χ0) is 14.4. The Balaban J connectivity index is 1.81. The standard InChI is InChI=1S/C15H29N3O2/c1-12(6-10-19)11-17-15(20)14-3-2-9-18(14)13-4-7-16-8-5-13/h12-14,16,19H,2-11H2,1H3,(H,17,20). The van der Waals surface area contributed by atoms with Gasteiger partial charge in [-0.05, 0) is 57.7 Å². The summed E-state index contributed by atoms with van der Waals surface area (Å²) in [5, 5.41) is 15.4. The number of piperidine rings is 1. The molecule has 0 aromatic carbocycles. The Bertz CT molecular complexity index is 305. The molecule has 2 unspecified atom stereocenters. The highest BCUT2D eigenvalue weighted by atomic mass is 16.3. The van der Waals surface area contributed by atoms with Gasteiger partial charge in [0.25, 0.3) is 0 Å². The fraction of sp³-hybridized carbons (Fsp3) is 0.933. The number of amides is 1. The first-order valence-corrected chi connectivity index (χ1v) is 8.07. The first kappa shape index (κ1) is 15.7. The molecule has 0 aromatic rings. The third kappa shape index (κ3) is 4.17. The van der Waals surface area contributed by atoms with E-state index in [0.29, 0.717) is 18.5 Å². The summed E-state index contributed by atoms with van der Waals surface area (Å²) < 4.78 is 0. The van der Waals surface area contributed by atoms with Crippen LogP contribution >= 0.6 is 0 Å². The quantitative estimate of drug-likeness (QED) is 0.658. The van der Waals surface area contributed by atoms with E-state index in [1.54, 1.807) is 0 Å². The highest BCUT2D eigenvalue weighted by Gasteiger charge is 2.35. The molecule has 2 heterocycles. The molecule has 1 amide bonds. The predicted molar refractivity (Wildman–Crippen MR) is 79.5 cm³/mol. The largest absolute Gasteiger partial charge is 0.396 e. The third-order valence-electron chi connectivity index (χ3n) is 4.62. The predicted octanol–water partition coefficient (Wildman–Crippen LogP) is 0.338. The molecule has 2 aliphatic heterocycles. The van der Waals surface area contributed by atoms with Crippen LogP contribution in [0.4, 0.5) is 0 Å². The average molecular weight is 283 g/mol. The molecule has 2 rings (SSSR count). The number of carbonyl (C=O) groups is 1. The second-order valence-electron chi connectivity index (χ2n) is 6.24. The number of likely N-dealkylation sites (tertiary alicyclic amines) is 1. The molecule has 0 bridgehead atoms. The van der Waals surface area contributed by atoms with E-state index >= 15 is 0 Å². The molecule has 116 valence electrons. The zero-order valence-electron chi connectivity index (χ0n) is 12.6. The van der Waals surface area contributed by atoms with E-state index in [-0.39, 0.29) is 18.6 Å². The first-order valence-electron chi connectivity index (χ1n) is 8.07. The lowest BCUT2D eigenvalue weighted by atomic mass is 10.0. The number of aliphatic hydroxyl groups is 1. The van der Waals surface area contributed by atoms with Gasteiger partial charge in [0.05, 0.1) is 6.04 Å². The summed E-state index contributed by atoms with van der Waals surface area (Å²) in [6, 6.07) is 0.642. The molecule has 5 heteroatoms. The van der Waals surface area contributed by atoms with Crippen LogP contribution in [0.2, 0.25) is 0 Å². The minimum Gasteiger partial charge on any atom is -0.396 e. The van der Waals surface area contributed by atoms with Gasteiger partial charge in [-0.15, -0.1) is 0 Å². The van der Waals surface area contributed by atoms with Crippen LogP contribution in [0.3, 0.4) is 0 Å². The Labute approximate surface area is 122 Å². The van der Waals surface area contributed by atoms with Crippen LogP contribution in [0.15, 0.2) is 0 Å². The van der Waals surface area contributed by atoms with Crippen LogP contribution in [-0.2, 0) is 4.79 Å². The van der Waals surface area contributed by atoms with Gasteiger partial charge in [-0.1, -0.05) is 6.92 Å². The van der Waals surface area contributed by atoms with Gasteiger partial charge in [-0.25, -0.2) is 0 Å². The Morgan fingerprint density at radius 2 is 2.15 bits per heavy atom. The van der Waals surface area contributed by atoms with Crippen molar-refractivity contribution in [2.24, 2.45) is 5.92 Å². The number of carbonyl (C=O) groups excluding carboxylic acids is 1. The van der Waals surface area contributed by atoms with Gasteiger partial charge in [-0.3, -0.25) is 9.69 Å². The number of hydrogen-bond donors (Lipinski definition) is 3. The molecule has 0 saturated carbocycles. The van der Waals surface area contributed by atoms with Gasteiger partial charge >= 0.3 is 0 Å². The lowest BCUT2D eigenvalue weighted by Gasteiger charge is -2.35. The molecule has 2 saturated heterocycles. The zero-order valence-corrected chi connectivity index (χ0v) is 12.6. The maximum atomic E-state index is 12.4. The van der Waals surface area contributed by atoms with E-state index < -0.39 is 0 Å². The maximum absolute atomic E-state index is 12.4. The minimum absolute atomic E-state index is 0.0689. The van der Waals surface area contributed by atoms with Crippen LogP contribution in [0, 0.1) is 5.92 Å². The molecule has 3 N–H and O–H groups in total. The average Bonchev–Trinajstić information content (AvgIpc) is 2.95. The van der Waals surface area contributed by atoms with Gasteiger partial charge in [0.2, 0.25) is 5.91 Å². The van der Waals surface area contributed by atoms with Gasteiger partial charge in [0.15, 0.2) is 0 Å². The highest BCUT2D eigenvalue weighted by molar-refractivity contribution is 5.82. The monoisotopic (exact) mass is 283 g/mol. The van der Waals surface area contributed by atoms with Crippen molar-refractivity contribution in [2.75, 3.05) is 32.8 Å². The lowest BCUT2D eigenvalue weighted by molar-refractivity contribution is -0.126. The SMILES string of the molecule is CC(CCO)CNC(=O)C1CCCN1C1CCNCC1. The van der Waals surface area contributed by atoms with Crippen molar-refractivity contribution >= 4 is 5.91 Å². The Hall–Kier alpha value is -0.650. The van der Waals surface area contributed by atoms with Gasteiger partial charge in [-0.2, -0.15) is 0 Å². The highest BCUT2D eigenvalue weighted by Crippen LogP contribution is 2.24. The molecule has 2 atom stereocenters. The molecule has 0 aromatic heterocycles. The lowest BCUT2D eigenvalue weighted by Crippen LogP contribution is -2.51. The fourth-order valence-corrected chi connectivity index (χ4v) is 3.36. The minimum atomic E-state index is 0.0689. The number of nitrogens with one attached hydrogen (secondary N) is 2. The van der Waals surface area contributed by atoms with Crippen molar-refractivity contribution in [3.63, 3.8) is 0 Å². The van der Waals surface area contributed by atoms with E-state index in [4.69, 9.17) is 5.11 Å². The molecule has 0 radical (unpaired) electrons. The van der Waals surface area contributed by atoms with Gasteiger partial charge < -0.3 is 15.7 Å². The van der Waals surface area contributed by atoms with Gasteiger partial charge in [0, 0.05) is 19.2 Å². The summed E-state index contributed by atoms with van der Waals surface area (Å²) in [7, 11) is 0. The Morgan fingerprint density at radius 1 is 1.40 bits per heavy atom. The third-order valence-corrected chi connectivity index (χ3v) is 4.62. The fourth-order valence-electron chi connectivity index (χ4n) is 3.36. The van der Waals surface area contributed by atoms with Gasteiger partial charge in [0.1, 0.15) is 0 Å². The Morgan fingerprint density at radius 3 is 2.85 bits per heavy atom. The van der Waals surface area contributed by atoms with E-state index in [0.717, 1.165) is 51.7 Å². The number of hydrogen-bond acceptors (Lipinski definition) is 4. The number of nitrogens with zero attached hydrogens (tertiary/aromatic N) is 1. The smallest absolute Gasteiger partial charge is 0.237 e. The van der Waals surface area contributed by atoms with E-state index in [1.165, 1.54) is 0 Å². The topological polar surface area (TPSA) is 64.6 Å². The molecular weight excluding hydrogens is 254 g/mol. The molecular formula is C15H29N3O2. The summed E-state index contributed by atoms with van der Waals surface area (Å²) in [6.07, 6.45) is 5.19. The summed E-state index contributed by atoms with van der Waals surface area (Å²) in [5.74, 6) is 0.531. The van der Waals surface area contributed by atoms with Crippen LogP contribution in [0.25, 0.3) is 0 Å². The van der Waals surface area contributed by atoms with E-state index in [1.807, 2.05) is 0 Å². The van der Waals surface area contributed by atoms with Crippen molar-refractivity contribution in [1.82, 2.24) is 15.5 Å². The first-order chi connectivity index (χ1) is 9.72. The van der Waals surface area contributed by atoms with E-state index in [2.05, 4.69) is 22.5 Å². The van der Waals surface area contributed by atoms with E-state index in [9.17, 15) is 4.79 Å². The Kier molecular flexibility index (Phi) is 6.26. The molecule has 5 nitrogen and oxygen atoms in total. The summed E-state index contributed by atoms with van der Waals surface area (Å²) in [5.41, 5.74) is 0. The number of aliphatic hydroxyl groups excluding tert-OH is 1. The molecule has 0 spiro atoms. The summed E-state index contributed by atoms with van der Waals surface area (Å²) >= 11 is 0. The van der Waals surface area contributed by atoms with Crippen molar-refractivity contribution in [3.05, 3.63) is 0 Å². The van der Waals surface area contributed by atoms with Crippen LogP contribution in [-0.4, -0.2) is 60.8 Å². The summed E-state index contributed by atoms with van der Waals surface area (Å²) in [4.78, 5) is 14.8. The van der Waals surface area contributed by atoms with Crippen LogP contribution in [0.5, 0.6) is 0 Å². The van der Waals surface area contributed by atoms with Crippen molar-refractivity contribution in [1.29, 1.82) is 0 Å². The molecule has 2 fully saturated rings. The second-order valence-corrected chi connectivity index (χ2v) is 6.24. The van der Waals surface area contributed by atoms with Crippen LogP contribution < -0.4 is 10.6 Å². The number of rotatable bonds is 6. The summed E-state index contributed by atoms with van der Waals surface area (Å²) in [6.45, 7) is 6.15. The molecule has 2 aliphatic rings. The molecule has 0 aliphatic carbocycles. The molecule has 20 heavy (non-hydrogen) atoms. The maximum Gasteiger partial charge on any atom is 0.237 e. The van der Waals surface area contributed by atoms with Crippen LogP contribution in [0.1, 0.15) is 39.0 Å². The second kappa shape index (κ2) is 7.96. The van der Waals surface area contributed by atoms with Crippen molar-refractivity contribution < 1.29 is 9.90 Å².